The molecule has 0 bridgehead atoms. The van der Waals surface area contributed by atoms with Crippen molar-refractivity contribution >= 4 is 0 Å². The average Bonchev–Trinajstić information content (AvgIpc) is 3.18. The number of imidazole rings is 1. The van der Waals surface area contributed by atoms with Gasteiger partial charge in [-0.05, 0) is 24.8 Å². The summed E-state index contributed by atoms with van der Waals surface area (Å²) < 4.78 is 4.00. The average molecular weight is 295 g/mol. The van der Waals surface area contributed by atoms with Gasteiger partial charge >= 0.3 is 0 Å². The van der Waals surface area contributed by atoms with Crippen molar-refractivity contribution in [2.45, 2.75) is 39.3 Å². The maximum Gasteiger partial charge on any atom is 0.0948 e. The lowest BCUT2D eigenvalue weighted by molar-refractivity contribution is 0.602. The van der Waals surface area contributed by atoms with Crippen LogP contribution >= 0.6 is 0 Å². The third-order valence-electron chi connectivity index (χ3n) is 3.93. The summed E-state index contributed by atoms with van der Waals surface area (Å²) in [5.41, 5.74) is 3.51. The first-order valence-corrected chi connectivity index (χ1v) is 7.69. The predicted molar refractivity (Wildman–Crippen MR) is 85.6 cm³/mol. The number of aromatic nitrogens is 5. The maximum atomic E-state index is 4.30. The van der Waals surface area contributed by atoms with Gasteiger partial charge in [-0.15, -0.1) is 5.10 Å². The SMILES string of the molecule is CCn1cncc1Cn1cc(C[C@H](C)c2ccccc2)nn1. The van der Waals surface area contributed by atoms with E-state index in [9.17, 15) is 0 Å². The van der Waals surface area contributed by atoms with Crippen molar-refractivity contribution < 1.29 is 0 Å². The molecule has 114 valence electrons. The van der Waals surface area contributed by atoms with Gasteiger partial charge in [-0.25, -0.2) is 9.67 Å². The number of nitrogens with zero attached hydrogens (tertiary/aromatic N) is 5. The van der Waals surface area contributed by atoms with Crippen LogP contribution in [0, 0.1) is 0 Å². The summed E-state index contributed by atoms with van der Waals surface area (Å²) in [6.07, 6.45) is 6.67. The van der Waals surface area contributed by atoms with Crippen LogP contribution in [0.2, 0.25) is 0 Å². The smallest absolute Gasteiger partial charge is 0.0948 e. The van der Waals surface area contributed by atoms with Gasteiger partial charge in [0.1, 0.15) is 0 Å². The molecule has 5 nitrogen and oxygen atoms in total. The Morgan fingerprint density at radius 1 is 1.18 bits per heavy atom. The molecule has 1 aromatic carbocycles. The fourth-order valence-corrected chi connectivity index (χ4v) is 2.65. The van der Waals surface area contributed by atoms with Crippen LogP contribution in [0.5, 0.6) is 0 Å². The molecule has 0 amide bonds. The summed E-state index contributed by atoms with van der Waals surface area (Å²) in [6, 6.07) is 10.5. The van der Waals surface area contributed by atoms with Gasteiger partial charge in [0.25, 0.3) is 0 Å². The van der Waals surface area contributed by atoms with Crippen molar-refractivity contribution in [1.82, 2.24) is 24.5 Å². The van der Waals surface area contributed by atoms with Gasteiger partial charge in [0.15, 0.2) is 0 Å². The van der Waals surface area contributed by atoms with Gasteiger partial charge in [0, 0.05) is 12.7 Å². The summed E-state index contributed by atoms with van der Waals surface area (Å²) in [6.45, 7) is 5.96. The van der Waals surface area contributed by atoms with E-state index in [0.717, 1.165) is 24.4 Å². The second-order valence-corrected chi connectivity index (χ2v) is 5.59. The summed E-state index contributed by atoms with van der Waals surface area (Å²) >= 11 is 0. The van der Waals surface area contributed by atoms with Crippen molar-refractivity contribution in [3.05, 3.63) is 66.0 Å². The second kappa shape index (κ2) is 6.56. The molecule has 0 saturated heterocycles. The third kappa shape index (κ3) is 3.24. The number of rotatable bonds is 6. The van der Waals surface area contributed by atoms with Crippen LogP contribution in [0.1, 0.15) is 36.7 Å². The highest BCUT2D eigenvalue weighted by Gasteiger charge is 2.10. The van der Waals surface area contributed by atoms with E-state index < -0.39 is 0 Å². The zero-order valence-corrected chi connectivity index (χ0v) is 13.1. The molecular weight excluding hydrogens is 274 g/mol. The molecule has 0 fully saturated rings. The molecular formula is C17H21N5. The van der Waals surface area contributed by atoms with Gasteiger partial charge in [0.2, 0.25) is 0 Å². The molecule has 0 unspecified atom stereocenters. The van der Waals surface area contributed by atoms with Crippen molar-refractivity contribution in [3.8, 4) is 0 Å². The Labute approximate surface area is 130 Å². The Morgan fingerprint density at radius 3 is 2.77 bits per heavy atom. The number of hydrogen-bond donors (Lipinski definition) is 0. The summed E-state index contributed by atoms with van der Waals surface area (Å²) in [4.78, 5) is 4.19. The van der Waals surface area contributed by atoms with E-state index in [1.54, 1.807) is 0 Å². The molecule has 0 spiro atoms. The van der Waals surface area contributed by atoms with Gasteiger partial charge in [0.05, 0.1) is 30.5 Å². The molecule has 2 heterocycles. The molecule has 0 aliphatic heterocycles. The largest absolute Gasteiger partial charge is 0.333 e. The fraction of sp³-hybridized carbons (Fsp3) is 0.353. The van der Waals surface area contributed by atoms with Crippen molar-refractivity contribution in [3.63, 3.8) is 0 Å². The van der Waals surface area contributed by atoms with E-state index in [0.29, 0.717) is 12.5 Å². The molecule has 1 atom stereocenters. The highest BCUT2D eigenvalue weighted by molar-refractivity contribution is 5.20. The number of aryl methyl sites for hydroxylation is 1. The van der Waals surface area contributed by atoms with Crippen LogP contribution < -0.4 is 0 Å². The van der Waals surface area contributed by atoms with Crippen LogP contribution in [0.15, 0.2) is 49.1 Å². The molecule has 3 aromatic rings. The van der Waals surface area contributed by atoms with Crippen molar-refractivity contribution in [2.24, 2.45) is 0 Å². The Bertz CT molecular complexity index is 713. The lowest BCUT2D eigenvalue weighted by atomic mass is 9.97. The minimum Gasteiger partial charge on any atom is -0.333 e. The molecule has 0 saturated carbocycles. The van der Waals surface area contributed by atoms with Crippen LogP contribution in [-0.2, 0) is 19.5 Å². The Kier molecular flexibility index (Phi) is 4.32. The molecule has 3 rings (SSSR count). The normalized spacial score (nSPS) is 12.5. The molecule has 0 aliphatic carbocycles. The van der Waals surface area contributed by atoms with E-state index in [1.165, 1.54) is 5.56 Å². The lowest BCUT2D eigenvalue weighted by Crippen LogP contribution is -2.06. The predicted octanol–water partition coefficient (Wildman–Crippen LogP) is 2.89. The van der Waals surface area contributed by atoms with Crippen molar-refractivity contribution in [1.29, 1.82) is 0 Å². The second-order valence-electron chi connectivity index (χ2n) is 5.59. The first-order chi connectivity index (χ1) is 10.8. The van der Waals surface area contributed by atoms with Gasteiger partial charge in [-0.2, -0.15) is 0 Å². The molecule has 0 radical (unpaired) electrons. The fourth-order valence-electron chi connectivity index (χ4n) is 2.65. The molecule has 5 heteroatoms. The Morgan fingerprint density at radius 2 is 2.00 bits per heavy atom. The van der Waals surface area contributed by atoms with E-state index in [-0.39, 0.29) is 0 Å². The molecule has 22 heavy (non-hydrogen) atoms. The van der Waals surface area contributed by atoms with Crippen LogP contribution in [-0.4, -0.2) is 24.5 Å². The van der Waals surface area contributed by atoms with Gasteiger partial charge in [-0.1, -0.05) is 42.5 Å². The third-order valence-corrected chi connectivity index (χ3v) is 3.93. The summed E-state index contributed by atoms with van der Waals surface area (Å²) in [5.74, 6) is 0.438. The van der Waals surface area contributed by atoms with Crippen LogP contribution in [0.25, 0.3) is 0 Å². The minimum absolute atomic E-state index is 0.438. The number of hydrogen-bond acceptors (Lipinski definition) is 3. The van der Waals surface area contributed by atoms with E-state index in [2.05, 4.69) is 58.0 Å². The van der Waals surface area contributed by atoms with E-state index >= 15 is 0 Å². The minimum atomic E-state index is 0.438. The lowest BCUT2D eigenvalue weighted by Gasteiger charge is -2.09. The topological polar surface area (TPSA) is 48.5 Å². The summed E-state index contributed by atoms with van der Waals surface area (Å²) in [5, 5.41) is 8.54. The Balaban J connectivity index is 1.66. The van der Waals surface area contributed by atoms with Crippen LogP contribution in [0.3, 0.4) is 0 Å². The maximum absolute atomic E-state index is 4.30. The van der Waals surface area contributed by atoms with Crippen LogP contribution in [0.4, 0.5) is 0 Å². The highest BCUT2D eigenvalue weighted by Crippen LogP contribution is 2.18. The zero-order chi connectivity index (χ0) is 15.4. The first kappa shape index (κ1) is 14.5. The highest BCUT2D eigenvalue weighted by atomic mass is 15.4. The Hall–Kier alpha value is -2.43. The first-order valence-electron chi connectivity index (χ1n) is 7.69. The standard InChI is InChI=1S/C17H21N5/c1-3-21-13-18-10-17(21)12-22-11-16(19-20-22)9-14(2)15-7-5-4-6-8-15/h4-8,10-11,13-14H,3,9,12H2,1-2H3/t14-/m0/s1. The number of benzene rings is 1. The zero-order valence-electron chi connectivity index (χ0n) is 13.1. The van der Waals surface area contributed by atoms with E-state index in [1.807, 2.05) is 29.5 Å². The van der Waals surface area contributed by atoms with E-state index in [4.69, 9.17) is 0 Å². The molecule has 0 N–H and O–H groups in total. The monoisotopic (exact) mass is 295 g/mol. The summed E-state index contributed by atoms with van der Waals surface area (Å²) in [7, 11) is 0. The van der Waals surface area contributed by atoms with Gasteiger partial charge < -0.3 is 4.57 Å². The van der Waals surface area contributed by atoms with Gasteiger partial charge in [-0.3, -0.25) is 0 Å². The quantitative estimate of drug-likeness (QED) is 0.702. The van der Waals surface area contributed by atoms with Crippen molar-refractivity contribution in [2.75, 3.05) is 0 Å². The molecule has 0 aliphatic rings. The molecule has 2 aromatic heterocycles.